The molecule has 1 N–H and O–H groups in total. The van der Waals surface area contributed by atoms with E-state index in [4.69, 9.17) is 0 Å². The molecular formula is C18H14BrFO. The molecule has 0 saturated heterocycles. The third-order valence-corrected chi connectivity index (χ3v) is 4.28. The van der Waals surface area contributed by atoms with Gasteiger partial charge in [0, 0.05) is 10.9 Å². The molecule has 0 radical (unpaired) electrons. The highest BCUT2D eigenvalue weighted by atomic mass is 79.9. The number of hydrogen-bond donors (Lipinski definition) is 1. The SMILES string of the molecule is OC(Cc1ccc2ccccc2c1)c1cc(F)ccc1Br. The van der Waals surface area contributed by atoms with E-state index in [1.165, 1.54) is 17.5 Å². The van der Waals surface area contributed by atoms with Crippen molar-refractivity contribution in [3.8, 4) is 0 Å². The Morgan fingerprint density at radius 1 is 0.952 bits per heavy atom. The highest BCUT2D eigenvalue weighted by molar-refractivity contribution is 9.10. The fourth-order valence-electron chi connectivity index (χ4n) is 2.47. The summed E-state index contributed by atoms with van der Waals surface area (Å²) in [5.41, 5.74) is 1.60. The van der Waals surface area contributed by atoms with Crippen LogP contribution in [0.5, 0.6) is 0 Å². The number of hydrogen-bond acceptors (Lipinski definition) is 1. The van der Waals surface area contributed by atoms with E-state index >= 15 is 0 Å². The van der Waals surface area contributed by atoms with Crippen molar-refractivity contribution in [1.82, 2.24) is 0 Å². The molecule has 3 heteroatoms. The summed E-state index contributed by atoms with van der Waals surface area (Å²) in [5, 5.41) is 12.7. The average Bonchev–Trinajstić information content (AvgIpc) is 2.49. The summed E-state index contributed by atoms with van der Waals surface area (Å²) in [7, 11) is 0. The normalized spacial score (nSPS) is 12.5. The summed E-state index contributed by atoms with van der Waals surface area (Å²) < 4.78 is 14.0. The molecule has 21 heavy (non-hydrogen) atoms. The molecule has 1 atom stereocenters. The van der Waals surface area contributed by atoms with Crippen molar-refractivity contribution >= 4 is 26.7 Å². The van der Waals surface area contributed by atoms with Crippen molar-refractivity contribution in [3.63, 3.8) is 0 Å². The first-order valence-corrected chi connectivity index (χ1v) is 7.53. The topological polar surface area (TPSA) is 20.2 Å². The Hall–Kier alpha value is -1.71. The molecule has 0 fully saturated rings. The number of rotatable bonds is 3. The smallest absolute Gasteiger partial charge is 0.123 e. The van der Waals surface area contributed by atoms with Crippen LogP contribution in [0.1, 0.15) is 17.2 Å². The van der Waals surface area contributed by atoms with E-state index in [0.29, 0.717) is 12.0 Å². The van der Waals surface area contributed by atoms with Gasteiger partial charge < -0.3 is 5.11 Å². The molecule has 0 saturated carbocycles. The van der Waals surface area contributed by atoms with Crippen LogP contribution < -0.4 is 0 Å². The molecule has 3 rings (SSSR count). The zero-order valence-corrected chi connectivity index (χ0v) is 12.8. The second-order valence-corrected chi connectivity index (χ2v) is 5.92. The van der Waals surface area contributed by atoms with Crippen LogP contribution in [0.15, 0.2) is 65.1 Å². The van der Waals surface area contributed by atoms with Crippen molar-refractivity contribution in [2.24, 2.45) is 0 Å². The first kappa shape index (κ1) is 14.2. The Bertz CT molecular complexity index is 785. The van der Waals surface area contributed by atoms with Crippen LogP contribution in [0.3, 0.4) is 0 Å². The maximum absolute atomic E-state index is 13.3. The summed E-state index contributed by atoms with van der Waals surface area (Å²) in [6.07, 6.45) is -0.288. The molecule has 106 valence electrons. The minimum Gasteiger partial charge on any atom is -0.388 e. The van der Waals surface area contributed by atoms with Crippen molar-refractivity contribution < 1.29 is 9.50 Å². The first-order chi connectivity index (χ1) is 10.1. The van der Waals surface area contributed by atoms with Crippen molar-refractivity contribution in [3.05, 3.63) is 82.1 Å². The lowest BCUT2D eigenvalue weighted by Gasteiger charge is -2.13. The largest absolute Gasteiger partial charge is 0.388 e. The standard InChI is InChI=1S/C18H14BrFO/c19-17-8-7-15(20)11-16(17)18(21)10-12-5-6-13-3-1-2-4-14(13)9-12/h1-9,11,18,21H,10H2. The van der Waals surface area contributed by atoms with E-state index in [1.807, 2.05) is 30.3 Å². The molecule has 0 aliphatic carbocycles. The Labute approximate surface area is 131 Å². The van der Waals surface area contributed by atoms with E-state index < -0.39 is 6.10 Å². The molecule has 0 spiro atoms. The summed E-state index contributed by atoms with van der Waals surface area (Å²) in [6.45, 7) is 0. The molecule has 3 aromatic rings. The van der Waals surface area contributed by atoms with E-state index in [2.05, 4.69) is 28.1 Å². The van der Waals surface area contributed by atoms with Crippen LogP contribution in [0.25, 0.3) is 10.8 Å². The first-order valence-electron chi connectivity index (χ1n) is 6.74. The molecule has 1 nitrogen and oxygen atoms in total. The molecule has 0 bridgehead atoms. The van der Waals surface area contributed by atoms with Gasteiger partial charge in [0.05, 0.1) is 6.10 Å². The summed E-state index contributed by atoms with van der Waals surface area (Å²) in [5.74, 6) is -0.342. The van der Waals surface area contributed by atoms with Gasteiger partial charge in [0.25, 0.3) is 0 Å². The molecule has 0 aliphatic heterocycles. The number of aliphatic hydroxyl groups excluding tert-OH is 1. The van der Waals surface area contributed by atoms with Crippen LogP contribution in [-0.2, 0) is 6.42 Å². The number of fused-ring (bicyclic) bond motifs is 1. The van der Waals surface area contributed by atoms with Gasteiger partial charge >= 0.3 is 0 Å². The quantitative estimate of drug-likeness (QED) is 0.707. The summed E-state index contributed by atoms with van der Waals surface area (Å²) >= 11 is 3.36. The van der Waals surface area contributed by atoms with Crippen molar-refractivity contribution in [2.75, 3.05) is 0 Å². The Morgan fingerprint density at radius 3 is 2.52 bits per heavy atom. The van der Waals surface area contributed by atoms with Gasteiger partial charge in [-0.05, 0) is 40.1 Å². The van der Waals surface area contributed by atoms with Gasteiger partial charge in [-0.25, -0.2) is 4.39 Å². The van der Waals surface area contributed by atoms with Gasteiger partial charge in [0.1, 0.15) is 5.82 Å². The predicted octanol–water partition coefficient (Wildman–Crippen LogP) is 5.02. The number of halogens is 2. The van der Waals surface area contributed by atoms with Crippen LogP contribution in [-0.4, -0.2) is 5.11 Å². The zero-order chi connectivity index (χ0) is 14.8. The second-order valence-electron chi connectivity index (χ2n) is 5.07. The third-order valence-electron chi connectivity index (χ3n) is 3.56. The maximum atomic E-state index is 13.3. The fourth-order valence-corrected chi connectivity index (χ4v) is 2.98. The van der Waals surface area contributed by atoms with Crippen molar-refractivity contribution in [1.29, 1.82) is 0 Å². The molecule has 0 aromatic heterocycles. The minimum atomic E-state index is -0.740. The summed E-state index contributed by atoms with van der Waals surface area (Å²) in [4.78, 5) is 0. The van der Waals surface area contributed by atoms with Crippen molar-refractivity contribution in [2.45, 2.75) is 12.5 Å². The Balaban J connectivity index is 1.88. The van der Waals surface area contributed by atoms with Crippen LogP contribution in [0.2, 0.25) is 0 Å². The highest BCUT2D eigenvalue weighted by Crippen LogP contribution is 2.27. The van der Waals surface area contributed by atoms with Crippen LogP contribution in [0.4, 0.5) is 4.39 Å². The Morgan fingerprint density at radius 2 is 1.71 bits per heavy atom. The van der Waals surface area contributed by atoms with E-state index in [9.17, 15) is 9.50 Å². The van der Waals surface area contributed by atoms with E-state index in [0.717, 1.165) is 15.4 Å². The molecule has 0 amide bonds. The second kappa shape index (κ2) is 5.96. The highest BCUT2D eigenvalue weighted by Gasteiger charge is 2.13. The molecule has 0 aliphatic rings. The zero-order valence-electron chi connectivity index (χ0n) is 11.3. The maximum Gasteiger partial charge on any atom is 0.123 e. The van der Waals surface area contributed by atoms with E-state index in [1.54, 1.807) is 6.07 Å². The molecule has 0 heterocycles. The molecular weight excluding hydrogens is 331 g/mol. The van der Waals surface area contributed by atoms with Crippen LogP contribution in [0, 0.1) is 5.82 Å². The third kappa shape index (κ3) is 3.14. The van der Waals surface area contributed by atoms with Gasteiger partial charge in [-0.15, -0.1) is 0 Å². The minimum absolute atomic E-state index is 0.342. The Kier molecular flexibility index (Phi) is 4.04. The molecule has 1 unspecified atom stereocenters. The number of benzene rings is 3. The number of aliphatic hydroxyl groups is 1. The fraction of sp³-hybridized carbons (Fsp3) is 0.111. The van der Waals surface area contributed by atoms with E-state index in [-0.39, 0.29) is 5.82 Å². The monoisotopic (exact) mass is 344 g/mol. The molecule has 3 aromatic carbocycles. The lowest BCUT2D eigenvalue weighted by atomic mass is 9.99. The van der Waals surface area contributed by atoms with Gasteiger partial charge in [-0.2, -0.15) is 0 Å². The van der Waals surface area contributed by atoms with Crippen LogP contribution >= 0.6 is 15.9 Å². The summed E-state index contributed by atoms with van der Waals surface area (Å²) in [6, 6.07) is 18.6. The predicted molar refractivity (Wildman–Crippen MR) is 86.7 cm³/mol. The van der Waals surface area contributed by atoms with Gasteiger partial charge in [-0.1, -0.05) is 58.4 Å². The van der Waals surface area contributed by atoms with Gasteiger partial charge in [0.2, 0.25) is 0 Å². The average molecular weight is 345 g/mol. The van der Waals surface area contributed by atoms with Gasteiger partial charge in [-0.3, -0.25) is 0 Å². The van der Waals surface area contributed by atoms with Gasteiger partial charge in [0.15, 0.2) is 0 Å². The lowest BCUT2D eigenvalue weighted by molar-refractivity contribution is 0.177. The lowest BCUT2D eigenvalue weighted by Crippen LogP contribution is -2.03.